The normalized spacial score (nSPS) is 13.9. The first-order valence-corrected chi connectivity index (χ1v) is 6.90. The Bertz CT molecular complexity index is 422. The van der Waals surface area contributed by atoms with Crippen molar-refractivity contribution < 1.29 is 9.53 Å². The number of carbonyl (C=O) groups excluding carboxylic acids is 1. The largest absolute Gasteiger partial charge is 0.466 e. The van der Waals surface area contributed by atoms with Crippen LogP contribution in [0, 0.1) is 13.8 Å². The molecule has 3 nitrogen and oxygen atoms in total. The second-order valence-corrected chi connectivity index (χ2v) is 5.22. The van der Waals surface area contributed by atoms with Gasteiger partial charge in [0.25, 0.3) is 0 Å². The van der Waals surface area contributed by atoms with Gasteiger partial charge in [0.05, 0.1) is 18.6 Å². The highest BCUT2D eigenvalue weighted by atomic mass is 16.5. The first kappa shape index (κ1) is 15.7. The van der Waals surface area contributed by atoms with Crippen molar-refractivity contribution in [2.45, 2.75) is 46.6 Å². The van der Waals surface area contributed by atoms with Crippen LogP contribution in [-0.2, 0) is 15.1 Å². The summed E-state index contributed by atoms with van der Waals surface area (Å²) in [5, 5.41) is 3.42. The third-order valence-corrected chi connectivity index (χ3v) is 3.23. The van der Waals surface area contributed by atoms with Crippen LogP contribution in [0.4, 0.5) is 0 Å². The maximum atomic E-state index is 11.8. The van der Waals surface area contributed by atoms with Gasteiger partial charge in [0.15, 0.2) is 0 Å². The average Bonchev–Trinajstić information content (AvgIpc) is 2.27. The predicted octanol–water partition coefficient (Wildman–Crippen LogP) is 3.08. The van der Waals surface area contributed by atoms with Crippen LogP contribution in [0.3, 0.4) is 0 Å². The Kier molecular flexibility index (Phi) is 5.55. The fraction of sp³-hybridized carbons (Fsp3) is 0.562. The van der Waals surface area contributed by atoms with E-state index in [-0.39, 0.29) is 11.5 Å². The van der Waals surface area contributed by atoms with Crippen molar-refractivity contribution in [1.82, 2.24) is 5.32 Å². The van der Waals surface area contributed by atoms with Crippen LogP contribution < -0.4 is 5.32 Å². The zero-order valence-electron chi connectivity index (χ0n) is 12.7. The number of esters is 1. The minimum Gasteiger partial charge on any atom is -0.466 e. The molecule has 0 amide bonds. The van der Waals surface area contributed by atoms with Crippen molar-refractivity contribution in [2.75, 3.05) is 13.2 Å². The highest BCUT2D eigenvalue weighted by molar-refractivity contribution is 5.71. The minimum atomic E-state index is -0.377. The molecular formula is C16H25NO2. The Morgan fingerprint density at radius 3 is 2.26 bits per heavy atom. The van der Waals surface area contributed by atoms with Gasteiger partial charge in [-0.3, -0.25) is 4.79 Å². The second kappa shape index (κ2) is 6.71. The fourth-order valence-corrected chi connectivity index (χ4v) is 2.45. The molecule has 0 saturated heterocycles. The summed E-state index contributed by atoms with van der Waals surface area (Å²) in [5.74, 6) is -0.162. The molecule has 0 heterocycles. The lowest BCUT2D eigenvalue weighted by atomic mass is 9.86. The molecule has 0 aliphatic heterocycles. The lowest BCUT2D eigenvalue weighted by molar-refractivity contribution is -0.144. The van der Waals surface area contributed by atoms with Gasteiger partial charge in [0.1, 0.15) is 0 Å². The fourth-order valence-electron chi connectivity index (χ4n) is 2.45. The highest BCUT2D eigenvalue weighted by Gasteiger charge is 2.29. The molecule has 1 rings (SSSR count). The molecule has 1 atom stereocenters. The van der Waals surface area contributed by atoms with Gasteiger partial charge in [0, 0.05) is 0 Å². The molecule has 0 fully saturated rings. The third-order valence-electron chi connectivity index (χ3n) is 3.23. The predicted molar refractivity (Wildman–Crippen MR) is 78.2 cm³/mol. The van der Waals surface area contributed by atoms with Gasteiger partial charge in [-0.2, -0.15) is 0 Å². The van der Waals surface area contributed by atoms with E-state index in [1.54, 1.807) is 0 Å². The van der Waals surface area contributed by atoms with Gasteiger partial charge in [0.2, 0.25) is 0 Å². The molecule has 0 aromatic heterocycles. The zero-order valence-corrected chi connectivity index (χ0v) is 12.7. The van der Waals surface area contributed by atoms with E-state index in [1.807, 2.05) is 13.8 Å². The van der Waals surface area contributed by atoms with Crippen molar-refractivity contribution >= 4 is 5.97 Å². The SMILES string of the molecule is CCNC(C)(CC(=O)OCC)c1cc(C)cc(C)c1. The van der Waals surface area contributed by atoms with Gasteiger partial charge < -0.3 is 10.1 Å². The monoisotopic (exact) mass is 263 g/mol. The third kappa shape index (κ3) is 4.35. The first-order chi connectivity index (χ1) is 8.91. The Morgan fingerprint density at radius 1 is 1.21 bits per heavy atom. The van der Waals surface area contributed by atoms with Gasteiger partial charge in [-0.25, -0.2) is 0 Å². The molecule has 19 heavy (non-hydrogen) atoms. The van der Waals surface area contributed by atoms with Crippen LogP contribution in [0.5, 0.6) is 0 Å². The number of carbonyl (C=O) groups is 1. The van der Waals surface area contributed by atoms with E-state index in [4.69, 9.17) is 4.74 Å². The summed E-state index contributed by atoms with van der Waals surface area (Å²) in [4.78, 5) is 11.8. The van der Waals surface area contributed by atoms with E-state index in [1.165, 1.54) is 11.1 Å². The van der Waals surface area contributed by atoms with Crippen molar-refractivity contribution in [3.05, 3.63) is 34.9 Å². The molecule has 0 aliphatic rings. The topological polar surface area (TPSA) is 38.3 Å². The molecule has 1 unspecified atom stereocenters. The van der Waals surface area contributed by atoms with Crippen molar-refractivity contribution in [2.24, 2.45) is 0 Å². The van der Waals surface area contributed by atoms with E-state index in [0.29, 0.717) is 13.0 Å². The summed E-state index contributed by atoms with van der Waals surface area (Å²) in [5.41, 5.74) is 3.18. The molecule has 0 aliphatic carbocycles. The maximum Gasteiger partial charge on any atom is 0.307 e. The Labute approximate surface area is 116 Å². The molecule has 1 N–H and O–H groups in total. The van der Waals surface area contributed by atoms with E-state index in [0.717, 1.165) is 12.1 Å². The molecular weight excluding hydrogens is 238 g/mol. The van der Waals surface area contributed by atoms with E-state index < -0.39 is 0 Å². The maximum absolute atomic E-state index is 11.8. The number of hydrogen-bond acceptors (Lipinski definition) is 3. The standard InChI is InChI=1S/C16H25NO2/c1-6-17-16(5,11-15(18)19-7-2)14-9-12(3)8-13(4)10-14/h8-10,17H,6-7,11H2,1-5H3. The van der Waals surface area contributed by atoms with Crippen LogP contribution in [-0.4, -0.2) is 19.1 Å². The van der Waals surface area contributed by atoms with Crippen LogP contribution >= 0.6 is 0 Å². The van der Waals surface area contributed by atoms with E-state index in [9.17, 15) is 4.79 Å². The summed E-state index contributed by atoms with van der Waals surface area (Å²) >= 11 is 0. The molecule has 0 spiro atoms. The lowest BCUT2D eigenvalue weighted by Gasteiger charge is -2.31. The Hall–Kier alpha value is -1.35. The van der Waals surface area contributed by atoms with Crippen LogP contribution in [0.25, 0.3) is 0 Å². The van der Waals surface area contributed by atoms with Gasteiger partial charge in [-0.05, 0) is 39.8 Å². The molecule has 1 aromatic rings. The van der Waals surface area contributed by atoms with Gasteiger partial charge in [-0.1, -0.05) is 36.2 Å². The number of ether oxygens (including phenoxy) is 1. The molecule has 106 valence electrons. The van der Waals surface area contributed by atoms with Crippen LogP contribution in [0.1, 0.15) is 43.9 Å². The Balaban J connectivity index is 3.06. The smallest absolute Gasteiger partial charge is 0.307 e. The Morgan fingerprint density at radius 2 is 1.79 bits per heavy atom. The molecule has 3 heteroatoms. The average molecular weight is 263 g/mol. The molecule has 0 radical (unpaired) electrons. The van der Waals surface area contributed by atoms with Crippen molar-refractivity contribution in [3.63, 3.8) is 0 Å². The molecule has 0 bridgehead atoms. The summed E-state index contributed by atoms with van der Waals surface area (Å²) < 4.78 is 5.09. The van der Waals surface area contributed by atoms with Crippen LogP contribution in [0.2, 0.25) is 0 Å². The molecule has 1 aromatic carbocycles. The summed E-state index contributed by atoms with van der Waals surface area (Å²) in [6, 6.07) is 6.41. The van der Waals surface area contributed by atoms with Crippen molar-refractivity contribution in [1.29, 1.82) is 0 Å². The second-order valence-electron chi connectivity index (χ2n) is 5.22. The van der Waals surface area contributed by atoms with Gasteiger partial charge >= 0.3 is 5.97 Å². The quantitative estimate of drug-likeness (QED) is 0.802. The summed E-state index contributed by atoms with van der Waals surface area (Å²) in [6.07, 6.45) is 0.345. The van der Waals surface area contributed by atoms with Crippen LogP contribution in [0.15, 0.2) is 18.2 Å². The molecule has 0 saturated carbocycles. The number of aryl methyl sites for hydroxylation is 2. The van der Waals surface area contributed by atoms with Gasteiger partial charge in [-0.15, -0.1) is 0 Å². The lowest BCUT2D eigenvalue weighted by Crippen LogP contribution is -2.41. The van der Waals surface area contributed by atoms with Crippen molar-refractivity contribution in [3.8, 4) is 0 Å². The highest BCUT2D eigenvalue weighted by Crippen LogP contribution is 2.27. The van der Waals surface area contributed by atoms with E-state index >= 15 is 0 Å². The number of benzene rings is 1. The first-order valence-electron chi connectivity index (χ1n) is 6.90. The number of nitrogens with one attached hydrogen (secondary N) is 1. The zero-order chi connectivity index (χ0) is 14.5. The summed E-state index contributed by atoms with van der Waals surface area (Å²) in [6.45, 7) is 11.3. The number of rotatable bonds is 6. The van der Waals surface area contributed by atoms with E-state index in [2.05, 4.69) is 44.3 Å². The summed E-state index contributed by atoms with van der Waals surface area (Å²) in [7, 11) is 0. The minimum absolute atomic E-state index is 0.162. The number of hydrogen-bond donors (Lipinski definition) is 1.